The minimum Gasteiger partial charge on any atom is -0.457 e. The first-order chi connectivity index (χ1) is 32.0. The Balaban J connectivity index is 1.14. The molecule has 3 aliphatic rings. The van der Waals surface area contributed by atoms with Crippen molar-refractivity contribution in [2.45, 2.75) is 24.7 Å². The van der Waals surface area contributed by atoms with E-state index in [1.165, 1.54) is 61.2 Å². The van der Waals surface area contributed by atoms with Gasteiger partial charge in [0.25, 0.3) is 0 Å². The van der Waals surface area contributed by atoms with E-state index >= 15 is 0 Å². The lowest BCUT2D eigenvalue weighted by atomic mass is 9.66. The van der Waals surface area contributed by atoms with Crippen molar-refractivity contribution in [3.63, 3.8) is 0 Å². The molecule has 0 fully saturated rings. The molecule has 1 aromatic heterocycles. The molecule has 0 bridgehead atoms. The largest absolute Gasteiger partial charge is 0.457 e. The van der Waals surface area contributed by atoms with Crippen molar-refractivity contribution < 1.29 is 4.74 Å². The normalized spacial score (nSPS) is 14.1. The Morgan fingerprint density at radius 1 is 0.308 bits per heavy atom. The number of hydrogen-bond donors (Lipinski definition) is 0. The Bertz CT molecular complexity index is 3440. The van der Waals surface area contributed by atoms with E-state index in [2.05, 4.69) is 190 Å². The molecule has 2 heterocycles. The second kappa shape index (κ2) is 14.2. The highest BCUT2D eigenvalue weighted by Gasteiger charge is 2.52. The van der Waals surface area contributed by atoms with E-state index in [9.17, 15) is 0 Å². The number of para-hydroxylation sites is 2. The molecule has 4 nitrogen and oxygen atoms in total. The number of hydrogen-bond acceptors (Lipinski definition) is 4. The smallest absolute Gasteiger partial charge is 0.164 e. The number of benzene rings is 9. The molecule has 65 heavy (non-hydrogen) atoms. The average Bonchev–Trinajstić information content (AvgIpc) is 3.79. The minimum absolute atomic E-state index is 0.208. The summed E-state index contributed by atoms with van der Waals surface area (Å²) in [5.41, 5.74) is 19.0. The minimum atomic E-state index is -0.675. The van der Waals surface area contributed by atoms with Gasteiger partial charge in [0.1, 0.15) is 11.5 Å². The van der Waals surface area contributed by atoms with Crippen LogP contribution in [-0.4, -0.2) is 15.0 Å². The van der Waals surface area contributed by atoms with E-state index in [4.69, 9.17) is 19.7 Å². The van der Waals surface area contributed by atoms with Crippen LogP contribution in [0.5, 0.6) is 11.5 Å². The molecule has 9 aromatic carbocycles. The van der Waals surface area contributed by atoms with Gasteiger partial charge in [-0.3, -0.25) is 0 Å². The highest BCUT2D eigenvalue weighted by Crippen LogP contribution is 2.65. The molecule has 4 heteroatoms. The molecule has 0 saturated heterocycles. The maximum Gasteiger partial charge on any atom is 0.164 e. The Morgan fingerprint density at radius 2 is 0.785 bits per heavy atom. The molecule has 306 valence electrons. The SMILES string of the molecule is CC1(C)c2ccccc2-c2c(-c3cccc4c3-c3cc(-c5nc(-c6ccccc6)nc(-c6ccccc6)n5)ccc3C43c4ccccc4Oc4ccccc43)cc(-c3ccccc3)cc21. The highest BCUT2D eigenvalue weighted by molar-refractivity contribution is 6.03. The third kappa shape index (κ3) is 5.47. The van der Waals surface area contributed by atoms with E-state index in [0.717, 1.165) is 44.9 Å². The fraction of sp³-hybridized carbons (Fsp3) is 0.0656. The van der Waals surface area contributed by atoms with Crippen LogP contribution < -0.4 is 4.74 Å². The molecule has 0 radical (unpaired) electrons. The summed E-state index contributed by atoms with van der Waals surface area (Å²) >= 11 is 0. The predicted octanol–water partition coefficient (Wildman–Crippen LogP) is 15.0. The molecular weight excluding hydrogens is 791 g/mol. The first-order valence-corrected chi connectivity index (χ1v) is 22.4. The van der Waals surface area contributed by atoms with Gasteiger partial charge in [-0.15, -0.1) is 0 Å². The van der Waals surface area contributed by atoms with E-state index in [1.54, 1.807) is 0 Å². The van der Waals surface area contributed by atoms with Crippen molar-refractivity contribution in [3.05, 3.63) is 246 Å². The molecule has 13 rings (SSSR count). The zero-order valence-electron chi connectivity index (χ0n) is 36.0. The first kappa shape index (κ1) is 37.4. The summed E-state index contributed by atoms with van der Waals surface area (Å²) in [6.45, 7) is 4.75. The van der Waals surface area contributed by atoms with Gasteiger partial charge in [0.15, 0.2) is 17.5 Å². The van der Waals surface area contributed by atoms with Crippen molar-refractivity contribution in [2.75, 3.05) is 0 Å². The molecule has 1 spiro atoms. The second-order valence-corrected chi connectivity index (χ2v) is 17.9. The summed E-state index contributed by atoms with van der Waals surface area (Å²) < 4.78 is 6.77. The highest BCUT2D eigenvalue weighted by atomic mass is 16.5. The van der Waals surface area contributed by atoms with E-state index < -0.39 is 5.41 Å². The maximum absolute atomic E-state index is 6.77. The third-order valence-electron chi connectivity index (χ3n) is 14.0. The van der Waals surface area contributed by atoms with Crippen LogP contribution in [0.15, 0.2) is 212 Å². The Morgan fingerprint density at radius 3 is 1.42 bits per heavy atom. The Kier molecular flexibility index (Phi) is 8.13. The van der Waals surface area contributed by atoms with Crippen LogP contribution in [-0.2, 0) is 10.8 Å². The summed E-state index contributed by atoms with van der Waals surface area (Å²) in [6, 6.07) is 76.1. The Hall–Kier alpha value is -8.21. The zero-order valence-corrected chi connectivity index (χ0v) is 36.0. The van der Waals surface area contributed by atoms with Crippen molar-refractivity contribution in [3.8, 4) is 90.2 Å². The van der Waals surface area contributed by atoms with Crippen LogP contribution in [0, 0.1) is 0 Å². The Labute approximate surface area is 378 Å². The molecule has 0 atom stereocenters. The van der Waals surface area contributed by atoms with E-state index in [0.29, 0.717) is 17.5 Å². The topological polar surface area (TPSA) is 47.9 Å². The van der Waals surface area contributed by atoms with Gasteiger partial charge in [-0.05, 0) is 97.1 Å². The molecule has 0 N–H and O–H groups in total. The summed E-state index contributed by atoms with van der Waals surface area (Å²) in [7, 11) is 0. The molecule has 0 amide bonds. The van der Waals surface area contributed by atoms with E-state index in [1.807, 2.05) is 36.4 Å². The summed E-state index contributed by atoms with van der Waals surface area (Å²) in [5, 5.41) is 0. The van der Waals surface area contributed by atoms with Crippen LogP contribution in [0.3, 0.4) is 0 Å². The van der Waals surface area contributed by atoms with Gasteiger partial charge in [0.05, 0.1) is 5.41 Å². The zero-order chi connectivity index (χ0) is 43.3. The lowest BCUT2D eigenvalue weighted by molar-refractivity contribution is 0.436. The van der Waals surface area contributed by atoms with Gasteiger partial charge in [0, 0.05) is 33.2 Å². The number of rotatable bonds is 5. The quantitative estimate of drug-likeness (QED) is 0.173. The van der Waals surface area contributed by atoms with Gasteiger partial charge in [-0.1, -0.05) is 196 Å². The number of ether oxygens (including phenoxy) is 1. The molecule has 1 aliphatic heterocycles. The lowest BCUT2D eigenvalue weighted by Gasteiger charge is -2.39. The third-order valence-corrected chi connectivity index (χ3v) is 14.0. The molecule has 0 unspecified atom stereocenters. The van der Waals surface area contributed by atoms with Crippen molar-refractivity contribution in [1.82, 2.24) is 15.0 Å². The monoisotopic (exact) mass is 831 g/mol. The fourth-order valence-electron chi connectivity index (χ4n) is 11.1. The number of fused-ring (bicyclic) bond motifs is 12. The van der Waals surface area contributed by atoms with Crippen LogP contribution in [0.2, 0.25) is 0 Å². The van der Waals surface area contributed by atoms with Gasteiger partial charge in [0.2, 0.25) is 0 Å². The van der Waals surface area contributed by atoms with Crippen LogP contribution in [0.25, 0.3) is 78.7 Å². The van der Waals surface area contributed by atoms with Crippen molar-refractivity contribution in [1.29, 1.82) is 0 Å². The fourth-order valence-corrected chi connectivity index (χ4v) is 11.1. The van der Waals surface area contributed by atoms with Gasteiger partial charge in [-0.2, -0.15) is 0 Å². The average molecular weight is 832 g/mol. The molecular formula is C61H41N3O. The summed E-state index contributed by atoms with van der Waals surface area (Å²) in [5.74, 6) is 3.61. The van der Waals surface area contributed by atoms with Crippen LogP contribution in [0.1, 0.15) is 47.2 Å². The standard InChI is InChI=1S/C61H41N3O/c1-60(2)47-27-13-12-25-44(47)56-45(36-42(37-52(56)60)38-19-6-3-7-20-38)43-26-18-30-51-55(43)46-35-41(59-63-57(39-21-8-4-9-22-39)62-58(64-59)40-23-10-5-11-24-40)33-34-48(46)61(51)49-28-14-16-31-53(49)65-54-32-17-15-29-50(54)61/h3-37H,1-2H3. The number of aromatic nitrogens is 3. The first-order valence-electron chi connectivity index (χ1n) is 22.4. The van der Waals surface area contributed by atoms with Crippen molar-refractivity contribution in [2.24, 2.45) is 0 Å². The van der Waals surface area contributed by atoms with Crippen LogP contribution >= 0.6 is 0 Å². The predicted molar refractivity (Wildman–Crippen MR) is 262 cm³/mol. The van der Waals surface area contributed by atoms with E-state index in [-0.39, 0.29) is 5.41 Å². The lowest BCUT2D eigenvalue weighted by Crippen LogP contribution is -2.32. The van der Waals surface area contributed by atoms with Crippen LogP contribution in [0.4, 0.5) is 0 Å². The molecule has 0 saturated carbocycles. The second-order valence-electron chi connectivity index (χ2n) is 17.9. The maximum atomic E-state index is 6.77. The van der Waals surface area contributed by atoms with Crippen molar-refractivity contribution >= 4 is 0 Å². The summed E-state index contributed by atoms with van der Waals surface area (Å²) in [4.78, 5) is 15.5. The van der Waals surface area contributed by atoms with Gasteiger partial charge < -0.3 is 4.74 Å². The van der Waals surface area contributed by atoms with Gasteiger partial charge >= 0.3 is 0 Å². The molecule has 2 aliphatic carbocycles. The summed E-state index contributed by atoms with van der Waals surface area (Å²) in [6.07, 6.45) is 0. The van der Waals surface area contributed by atoms with Gasteiger partial charge in [-0.25, -0.2) is 15.0 Å². The molecule has 10 aromatic rings. The number of nitrogens with zero attached hydrogens (tertiary/aromatic N) is 3.